The summed E-state index contributed by atoms with van der Waals surface area (Å²) in [6.07, 6.45) is -1.59. The third-order valence-corrected chi connectivity index (χ3v) is 8.32. The molecule has 1 heterocycles. The molecule has 6 amide bonds. The molecule has 0 radical (unpaired) electrons. The van der Waals surface area contributed by atoms with Gasteiger partial charge in [0.25, 0.3) is 0 Å². The van der Waals surface area contributed by atoms with Crippen LogP contribution in [0.4, 0.5) is 14.4 Å². The van der Waals surface area contributed by atoms with Crippen molar-refractivity contribution in [2.24, 2.45) is 5.73 Å². The highest BCUT2D eigenvalue weighted by molar-refractivity contribution is 5.93. The third kappa shape index (κ3) is 19.4. The molecule has 3 rings (SSSR count). The van der Waals surface area contributed by atoms with Crippen molar-refractivity contribution in [1.29, 1.82) is 0 Å². The largest absolute Gasteiger partial charge is 0.491 e. The molecule has 2 aromatic rings. The van der Waals surface area contributed by atoms with Gasteiger partial charge in [-0.1, -0.05) is 12.1 Å². The minimum atomic E-state index is -1.25. The number of fused-ring (bicyclic) bond motifs is 5. The molecule has 2 atom stereocenters. The standard InChI is InChI=1S/C37H52N6O11.C7H15NO2/c1-36(2,3)53-34(48)39-13-15-51-27-11-9-22-17-24(27)25-19-23(10-12-28(25)52-16-14-40-35(49)54-37(4,5)6)31(43(7)30(45)20-38)32(46)41-21-29(44)42-26(18-22)33(47)50-8;1-5-8-6(9)10-7(2,3)4/h9-12,17,19,26,31H,13-16,18,20-21,38H2,1-8H3,(H,39,48)(H,40,49)(H,41,46)(H,42,44);5H2,1-4H3,(H,8,9). The van der Waals surface area contributed by atoms with Crippen LogP contribution in [-0.4, -0.2) is 130 Å². The van der Waals surface area contributed by atoms with Crippen molar-refractivity contribution in [2.45, 2.75) is 105 Å². The first kappa shape index (κ1) is 53.8. The van der Waals surface area contributed by atoms with Crippen LogP contribution in [0.25, 0.3) is 11.1 Å². The normalized spacial score (nSPS) is 15.2. The SMILES string of the molecule is CCNC(=O)OC(C)(C)C.COC(=O)C1Cc2ccc(OCCNC(=O)OC(C)(C)C)c(c2)-c2cc(ccc2OCCNC(=O)OC(C)(C)C)C(N(C)C(=O)CN)C(=O)NCC(=O)N1. The minimum absolute atomic E-state index is 0.00585. The molecule has 2 aromatic carbocycles. The fourth-order valence-electron chi connectivity index (χ4n) is 5.73. The van der Waals surface area contributed by atoms with Crippen molar-refractivity contribution < 1.29 is 62.0 Å². The molecule has 2 unspecified atom stereocenters. The fourth-order valence-corrected chi connectivity index (χ4v) is 5.73. The van der Waals surface area contributed by atoms with Gasteiger partial charge in [0.1, 0.15) is 53.6 Å². The second-order valence-electron chi connectivity index (χ2n) is 17.3. The molecule has 0 aromatic heterocycles. The number of nitrogens with zero attached hydrogens (tertiary/aromatic N) is 1. The quantitative estimate of drug-likeness (QED) is 0.101. The zero-order valence-corrected chi connectivity index (χ0v) is 39.1. The molecular weight excluding hydrogens is 835 g/mol. The maximum atomic E-state index is 13.7. The first-order valence-electron chi connectivity index (χ1n) is 20.8. The summed E-state index contributed by atoms with van der Waals surface area (Å²) < 4.78 is 32.8. The summed E-state index contributed by atoms with van der Waals surface area (Å²) in [5.74, 6) is -1.98. The van der Waals surface area contributed by atoms with Crippen molar-refractivity contribution in [2.75, 3.05) is 60.1 Å². The predicted molar refractivity (Wildman–Crippen MR) is 236 cm³/mol. The lowest BCUT2D eigenvalue weighted by Gasteiger charge is -2.29. The van der Waals surface area contributed by atoms with Crippen LogP contribution >= 0.6 is 0 Å². The summed E-state index contributed by atoms with van der Waals surface area (Å²) in [5.41, 5.74) is 5.69. The van der Waals surface area contributed by atoms with Gasteiger partial charge in [-0.2, -0.15) is 0 Å². The van der Waals surface area contributed by atoms with E-state index in [4.69, 9.17) is 34.2 Å². The number of likely N-dealkylation sites (N-methyl/N-ethyl adjacent to an activating group) is 1. The highest BCUT2D eigenvalue weighted by Gasteiger charge is 2.31. The van der Waals surface area contributed by atoms with Gasteiger partial charge in [0.05, 0.1) is 33.3 Å². The number of nitrogens with one attached hydrogen (secondary N) is 5. The highest BCUT2D eigenvalue weighted by atomic mass is 16.6. The maximum Gasteiger partial charge on any atom is 0.407 e. The summed E-state index contributed by atoms with van der Waals surface area (Å²) >= 11 is 0. The van der Waals surface area contributed by atoms with Crippen LogP contribution in [0, 0.1) is 0 Å². The lowest BCUT2D eigenvalue weighted by atomic mass is 9.94. The van der Waals surface area contributed by atoms with E-state index in [9.17, 15) is 33.6 Å². The Morgan fingerprint density at radius 2 is 1.23 bits per heavy atom. The Hall–Kier alpha value is -6.31. The van der Waals surface area contributed by atoms with Crippen molar-refractivity contribution in [3.05, 3.63) is 47.5 Å². The molecule has 1 aliphatic rings. The van der Waals surface area contributed by atoms with Gasteiger partial charge in [0, 0.05) is 31.1 Å². The Balaban J connectivity index is 0.00000125. The van der Waals surface area contributed by atoms with E-state index >= 15 is 0 Å². The lowest BCUT2D eigenvalue weighted by molar-refractivity contribution is -0.145. The number of carbonyl (C=O) groups excluding carboxylic acids is 7. The molecule has 0 spiro atoms. The highest BCUT2D eigenvalue weighted by Crippen LogP contribution is 2.40. The van der Waals surface area contributed by atoms with Crippen LogP contribution in [-0.2, 0) is 44.5 Å². The molecular formula is C44H67N7O13. The molecule has 7 N–H and O–H groups in total. The average Bonchev–Trinajstić information content (AvgIpc) is 3.18. The van der Waals surface area contributed by atoms with Gasteiger partial charge < -0.3 is 65.6 Å². The molecule has 20 heteroatoms. The topological polar surface area (TPSA) is 264 Å². The molecule has 64 heavy (non-hydrogen) atoms. The Morgan fingerprint density at radius 3 is 1.70 bits per heavy atom. The minimum Gasteiger partial charge on any atom is -0.491 e. The number of hydrogen-bond donors (Lipinski definition) is 6. The first-order chi connectivity index (χ1) is 29.8. The number of methoxy groups -OCH3 is 1. The molecule has 0 saturated carbocycles. The van der Waals surface area contributed by atoms with Gasteiger partial charge in [0.2, 0.25) is 17.7 Å². The zero-order chi connectivity index (χ0) is 48.4. The zero-order valence-electron chi connectivity index (χ0n) is 39.1. The van der Waals surface area contributed by atoms with Gasteiger partial charge in [-0.25, -0.2) is 19.2 Å². The molecule has 4 bridgehead atoms. The molecule has 0 aliphatic carbocycles. The second kappa shape index (κ2) is 24.5. The van der Waals surface area contributed by atoms with E-state index in [0.717, 1.165) is 4.90 Å². The van der Waals surface area contributed by atoms with Gasteiger partial charge in [-0.3, -0.25) is 14.4 Å². The Bertz CT molecular complexity index is 1940. The molecule has 356 valence electrons. The van der Waals surface area contributed by atoms with E-state index in [2.05, 4.69) is 26.6 Å². The van der Waals surface area contributed by atoms with Crippen molar-refractivity contribution in [3.63, 3.8) is 0 Å². The number of rotatable bonds is 12. The van der Waals surface area contributed by atoms with Gasteiger partial charge >= 0.3 is 24.2 Å². The van der Waals surface area contributed by atoms with E-state index < -0.39 is 72.3 Å². The molecule has 0 fully saturated rings. The van der Waals surface area contributed by atoms with Crippen LogP contribution < -0.4 is 41.8 Å². The van der Waals surface area contributed by atoms with E-state index in [1.165, 1.54) is 14.2 Å². The summed E-state index contributed by atoms with van der Waals surface area (Å²) in [4.78, 5) is 88.7. The summed E-state index contributed by atoms with van der Waals surface area (Å²) in [7, 11) is 2.60. The number of nitrogens with two attached hydrogens (primary N) is 1. The summed E-state index contributed by atoms with van der Waals surface area (Å²) in [5, 5.41) is 13.0. The van der Waals surface area contributed by atoms with E-state index in [1.807, 2.05) is 27.7 Å². The van der Waals surface area contributed by atoms with Crippen LogP contribution in [0.5, 0.6) is 11.5 Å². The number of hydrogen-bond acceptors (Lipinski definition) is 14. The first-order valence-corrected chi connectivity index (χ1v) is 20.8. The summed E-state index contributed by atoms with van der Waals surface area (Å²) in [6.45, 7) is 17.7. The number of ether oxygens (including phenoxy) is 6. The number of alkyl carbamates (subject to hydrolysis) is 3. The molecule has 20 nitrogen and oxygen atoms in total. The second-order valence-corrected chi connectivity index (χ2v) is 17.3. The third-order valence-electron chi connectivity index (χ3n) is 8.32. The van der Waals surface area contributed by atoms with Crippen molar-refractivity contribution >= 4 is 42.0 Å². The predicted octanol–water partition coefficient (Wildman–Crippen LogP) is 3.48. The fraction of sp³-hybridized carbons (Fsp3) is 0.568. The Morgan fingerprint density at radius 1 is 0.750 bits per heavy atom. The lowest BCUT2D eigenvalue weighted by Crippen LogP contribution is -2.49. The average molecular weight is 902 g/mol. The van der Waals surface area contributed by atoms with E-state index in [1.54, 1.807) is 77.9 Å². The molecule has 1 aliphatic heterocycles. The Kier molecular flexibility index (Phi) is 20.6. The van der Waals surface area contributed by atoms with E-state index in [-0.39, 0.29) is 44.4 Å². The van der Waals surface area contributed by atoms with Gasteiger partial charge in [-0.15, -0.1) is 0 Å². The van der Waals surface area contributed by atoms with Crippen molar-refractivity contribution in [3.8, 4) is 22.6 Å². The Labute approximate surface area is 375 Å². The number of esters is 1. The maximum absolute atomic E-state index is 13.7. The van der Waals surface area contributed by atoms with Crippen LogP contribution in [0.1, 0.15) is 86.4 Å². The number of amides is 6. The summed E-state index contributed by atoms with van der Waals surface area (Å²) in [6, 6.07) is 7.58. The smallest absolute Gasteiger partial charge is 0.407 e. The molecule has 0 saturated heterocycles. The van der Waals surface area contributed by atoms with E-state index in [0.29, 0.717) is 40.3 Å². The monoisotopic (exact) mass is 901 g/mol. The van der Waals surface area contributed by atoms with Crippen LogP contribution in [0.3, 0.4) is 0 Å². The van der Waals surface area contributed by atoms with Gasteiger partial charge in [0.15, 0.2) is 0 Å². The van der Waals surface area contributed by atoms with Gasteiger partial charge in [-0.05, 0) is 105 Å². The number of carbonyl (C=O) groups is 7. The van der Waals surface area contributed by atoms with Crippen molar-refractivity contribution in [1.82, 2.24) is 31.5 Å². The van der Waals surface area contributed by atoms with Crippen LogP contribution in [0.2, 0.25) is 0 Å². The van der Waals surface area contributed by atoms with Crippen LogP contribution in [0.15, 0.2) is 36.4 Å². The number of benzene rings is 2.